The largest absolute Gasteiger partial charge is 0.443 e. The highest BCUT2D eigenvalue weighted by Crippen LogP contribution is 2.26. The van der Waals surface area contributed by atoms with Crippen LogP contribution in [0, 0.1) is 0 Å². The van der Waals surface area contributed by atoms with Gasteiger partial charge >= 0.3 is 6.09 Å². The van der Waals surface area contributed by atoms with Crippen LogP contribution in [0.4, 0.5) is 4.79 Å². The van der Waals surface area contributed by atoms with Gasteiger partial charge in [-0.25, -0.2) is 9.78 Å². The Labute approximate surface area is 176 Å². The zero-order chi connectivity index (χ0) is 22.1. The summed E-state index contributed by atoms with van der Waals surface area (Å²) in [6, 6.07) is 6.95. The molecule has 3 aromatic rings. The monoisotopic (exact) mass is 428 g/mol. The van der Waals surface area contributed by atoms with E-state index in [2.05, 4.69) is 15.8 Å². The number of hydrazine groups is 1. The van der Waals surface area contributed by atoms with E-state index in [-0.39, 0.29) is 16.3 Å². The van der Waals surface area contributed by atoms with Crippen LogP contribution < -0.4 is 10.9 Å². The molecule has 0 atom stereocenters. The average molecular weight is 428 g/mol. The van der Waals surface area contributed by atoms with Crippen LogP contribution in [0.3, 0.4) is 0 Å². The predicted octanol–water partition coefficient (Wildman–Crippen LogP) is 2.89. The normalized spacial score (nSPS) is 11.2. The van der Waals surface area contributed by atoms with Crippen LogP contribution in [0.5, 0.6) is 0 Å². The number of ketones is 1. The molecule has 0 unspecified atom stereocenters. The summed E-state index contributed by atoms with van der Waals surface area (Å²) in [6.45, 7) is 6.51. The number of rotatable bonds is 3. The van der Waals surface area contributed by atoms with Gasteiger partial charge in [-0.05, 0) is 26.8 Å². The van der Waals surface area contributed by atoms with E-state index in [0.717, 1.165) is 11.3 Å². The Morgan fingerprint density at radius 3 is 2.47 bits per heavy atom. The van der Waals surface area contributed by atoms with Crippen LogP contribution in [0.2, 0.25) is 0 Å². The van der Waals surface area contributed by atoms with E-state index in [1.807, 2.05) is 0 Å². The number of hydrogen-bond donors (Lipinski definition) is 2. The number of thiazole rings is 1. The van der Waals surface area contributed by atoms with Crippen LogP contribution in [0.1, 0.15) is 53.5 Å². The van der Waals surface area contributed by atoms with Crippen molar-refractivity contribution in [2.24, 2.45) is 0 Å². The van der Waals surface area contributed by atoms with Gasteiger partial charge in [0, 0.05) is 23.9 Å². The third-order valence-corrected chi connectivity index (χ3v) is 4.67. The fourth-order valence-corrected chi connectivity index (χ4v) is 3.38. The number of aromatic nitrogens is 2. The van der Waals surface area contributed by atoms with Crippen LogP contribution in [0.25, 0.3) is 10.9 Å². The lowest BCUT2D eigenvalue weighted by molar-refractivity contribution is -0.119. The maximum absolute atomic E-state index is 13.1. The third-order valence-electron chi connectivity index (χ3n) is 3.83. The Balaban J connectivity index is 1.94. The molecule has 0 radical (unpaired) electrons. The van der Waals surface area contributed by atoms with Crippen LogP contribution in [-0.2, 0) is 9.53 Å². The molecule has 1 aromatic carbocycles. The van der Waals surface area contributed by atoms with Crippen molar-refractivity contribution in [1.29, 1.82) is 0 Å². The molecular weight excluding hydrogens is 408 g/mol. The molecule has 0 aliphatic heterocycles. The quantitative estimate of drug-likeness (QED) is 0.489. The molecule has 30 heavy (non-hydrogen) atoms. The molecule has 0 saturated carbocycles. The van der Waals surface area contributed by atoms with Crippen molar-refractivity contribution in [3.8, 4) is 0 Å². The molecule has 3 rings (SSSR count). The first-order valence-electron chi connectivity index (χ1n) is 8.97. The number of benzene rings is 1. The van der Waals surface area contributed by atoms with E-state index < -0.39 is 29.3 Å². The molecule has 0 saturated heterocycles. The summed E-state index contributed by atoms with van der Waals surface area (Å²) in [5, 5.41) is 2.06. The molecule has 0 aliphatic carbocycles. The van der Waals surface area contributed by atoms with Crippen LogP contribution in [0.15, 0.2) is 35.8 Å². The van der Waals surface area contributed by atoms with Gasteiger partial charge < -0.3 is 4.74 Å². The number of nitrogens with one attached hydrogen (secondary N) is 2. The SMILES string of the molecule is CC(=O)NNC(=O)c1csc(C(=O)c2cn(C(=O)OC(C)(C)C)c3ccccc23)n1. The first-order valence-corrected chi connectivity index (χ1v) is 9.85. The molecule has 0 fully saturated rings. The Morgan fingerprint density at radius 2 is 1.80 bits per heavy atom. The second-order valence-electron chi connectivity index (χ2n) is 7.41. The molecule has 0 aliphatic rings. The van der Waals surface area contributed by atoms with Crippen molar-refractivity contribution in [3.63, 3.8) is 0 Å². The molecule has 0 spiro atoms. The number of fused-ring (bicyclic) bond motifs is 1. The number of amides is 2. The number of carbonyl (C=O) groups is 4. The smallest absolute Gasteiger partial charge is 0.419 e. The van der Waals surface area contributed by atoms with Gasteiger partial charge in [-0.3, -0.25) is 29.8 Å². The minimum atomic E-state index is -0.696. The molecule has 156 valence electrons. The van der Waals surface area contributed by atoms with Gasteiger partial charge in [0.15, 0.2) is 5.01 Å². The van der Waals surface area contributed by atoms with Gasteiger partial charge in [0.1, 0.15) is 11.3 Å². The maximum atomic E-state index is 13.1. The second-order valence-corrected chi connectivity index (χ2v) is 8.27. The molecule has 0 bridgehead atoms. The topological polar surface area (TPSA) is 119 Å². The molecule has 9 nitrogen and oxygen atoms in total. The average Bonchev–Trinajstić information content (AvgIpc) is 3.29. The highest BCUT2D eigenvalue weighted by molar-refractivity contribution is 7.12. The lowest BCUT2D eigenvalue weighted by atomic mass is 10.1. The minimum Gasteiger partial charge on any atom is -0.443 e. The van der Waals surface area contributed by atoms with Gasteiger partial charge in [0.2, 0.25) is 11.7 Å². The van der Waals surface area contributed by atoms with Crippen molar-refractivity contribution in [2.75, 3.05) is 0 Å². The van der Waals surface area contributed by atoms with E-state index in [9.17, 15) is 19.2 Å². The molecule has 2 heterocycles. The van der Waals surface area contributed by atoms with Gasteiger partial charge in [-0.1, -0.05) is 18.2 Å². The molecule has 10 heteroatoms. The van der Waals surface area contributed by atoms with Gasteiger partial charge in [0.05, 0.1) is 11.1 Å². The van der Waals surface area contributed by atoms with E-state index in [1.54, 1.807) is 45.0 Å². The number of ether oxygens (including phenoxy) is 1. The van der Waals surface area contributed by atoms with Gasteiger partial charge in [0.25, 0.3) is 5.91 Å². The summed E-state index contributed by atoms with van der Waals surface area (Å²) in [7, 11) is 0. The first kappa shape index (κ1) is 21.2. The van der Waals surface area contributed by atoms with Crippen molar-refractivity contribution in [1.82, 2.24) is 20.4 Å². The lowest BCUT2D eigenvalue weighted by Crippen LogP contribution is -2.40. The zero-order valence-electron chi connectivity index (χ0n) is 16.8. The zero-order valence-corrected chi connectivity index (χ0v) is 17.6. The summed E-state index contributed by atoms with van der Waals surface area (Å²) in [5.74, 6) is -1.52. The number of hydrogen-bond acceptors (Lipinski definition) is 7. The van der Waals surface area contributed by atoms with E-state index in [0.29, 0.717) is 10.9 Å². The van der Waals surface area contributed by atoms with Crippen molar-refractivity contribution >= 4 is 45.9 Å². The Hall–Kier alpha value is -3.53. The fraction of sp³-hybridized carbons (Fsp3) is 0.250. The standard InChI is InChI=1S/C20H20N4O5S/c1-11(25)22-23-17(27)14-10-30-18(21-14)16(26)13-9-24(19(28)29-20(2,3)4)15-8-6-5-7-12(13)15/h5-10H,1-4H3,(H,22,25)(H,23,27). The predicted molar refractivity (Wildman–Crippen MR) is 110 cm³/mol. The van der Waals surface area contributed by atoms with Crippen molar-refractivity contribution in [3.05, 3.63) is 52.1 Å². The van der Waals surface area contributed by atoms with E-state index >= 15 is 0 Å². The molecular formula is C20H20N4O5S. The van der Waals surface area contributed by atoms with Crippen molar-refractivity contribution < 1.29 is 23.9 Å². The summed E-state index contributed by atoms with van der Waals surface area (Å²) in [4.78, 5) is 52.6. The highest BCUT2D eigenvalue weighted by Gasteiger charge is 2.25. The Kier molecular flexibility index (Phi) is 5.70. The van der Waals surface area contributed by atoms with Crippen molar-refractivity contribution in [2.45, 2.75) is 33.3 Å². The summed E-state index contributed by atoms with van der Waals surface area (Å²) in [5.41, 5.74) is 4.43. The number of nitrogens with zero attached hydrogens (tertiary/aromatic N) is 2. The second kappa shape index (κ2) is 8.07. The third kappa shape index (κ3) is 4.54. The Bertz CT molecular complexity index is 1160. The minimum absolute atomic E-state index is 0.00650. The van der Waals surface area contributed by atoms with Gasteiger partial charge in [-0.15, -0.1) is 11.3 Å². The number of carbonyl (C=O) groups excluding carboxylic acids is 4. The summed E-state index contributed by atoms with van der Waals surface area (Å²) in [6.07, 6.45) is 0.812. The molecule has 2 amide bonds. The summed E-state index contributed by atoms with van der Waals surface area (Å²) >= 11 is 0.992. The molecule has 2 N–H and O–H groups in total. The van der Waals surface area contributed by atoms with Crippen LogP contribution >= 0.6 is 11.3 Å². The maximum Gasteiger partial charge on any atom is 0.419 e. The fourth-order valence-electron chi connectivity index (χ4n) is 2.63. The first-order chi connectivity index (χ1) is 14.1. The van der Waals surface area contributed by atoms with Gasteiger partial charge in [-0.2, -0.15) is 0 Å². The van der Waals surface area contributed by atoms with Crippen LogP contribution in [-0.4, -0.2) is 38.8 Å². The Morgan fingerprint density at radius 1 is 1.10 bits per heavy atom. The molecule has 2 aromatic heterocycles. The van der Waals surface area contributed by atoms with E-state index in [4.69, 9.17) is 4.74 Å². The lowest BCUT2D eigenvalue weighted by Gasteiger charge is -2.19. The van der Waals surface area contributed by atoms with E-state index in [1.165, 1.54) is 23.1 Å². The number of para-hydroxylation sites is 1. The summed E-state index contributed by atoms with van der Waals surface area (Å²) < 4.78 is 6.71. The highest BCUT2D eigenvalue weighted by atomic mass is 32.1.